The van der Waals surface area contributed by atoms with Crippen molar-refractivity contribution in [2.75, 3.05) is 20.2 Å². The van der Waals surface area contributed by atoms with Gasteiger partial charge < -0.3 is 9.84 Å². The first-order chi connectivity index (χ1) is 7.11. The molecule has 2 rings (SSSR count). The van der Waals surface area contributed by atoms with Crippen LogP contribution in [0.15, 0.2) is 24.3 Å². The molecule has 1 aromatic rings. The van der Waals surface area contributed by atoms with Gasteiger partial charge in [0, 0.05) is 25.2 Å². The normalized spacial score (nSPS) is 19.7. The fourth-order valence-corrected chi connectivity index (χ4v) is 2.10. The van der Waals surface area contributed by atoms with Crippen LogP contribution in [0.2, 0.25) is 0 Å². The summed E-state index contributed by atoms with van der Waals surface area (Å²) in [7, 11) is 1.69. The summed E-state index contributed by atoms with van der Waals surface area (Å²) in [6.07, 6.45) is 0. The highest BCUT2D eigenvalue weighted by molar-refractivity contribution is 5.33. The van der Waals surface area contributed by atoms with Gasteiger partial charge in [0.25, 0.3) is 0 Å². The molecule has 1 aromatic carbocycles. The number of β-amino-alcohol motifs (C(OH)–C–C–N with tert-alkyl or cyclic N) is 1. The van der Waals surface area contributed by atoms with Gasteiger partial charge in [-0.05, 0) is 13.0 Å². The summed E-state index contributed by atoms with van der Waals surface area (Å²) < 4.78 is 5.28. The number of likely N-dealkylation sites (tertiary alicyclic amines) is 1. The molecule has 0 spiro atoms. The second kappa shape index (κ2) is 3.83. The predicted octanol–water partition coefficient (Wildman–Crippen LogP) is 1.26. The molecule has 0 aromatic heterocycles. The second-order valence-corrected chi connectivity index (χ2v) is 4.45. The molecule has 82 valence electrons. The smallest absolute Gasteiger partial charge is 0.123 e. The van der Waals surface area contributed by atoms with Crippen LogP contribution in [-0.2, 0) is 6.54 Å². The molecule has 1 N–H and O–H groups in total. The van der Waals surface area contributed by atoms with E-state index < -0.39 is 5.60 Å². The molecule has 15 heavy (non-hydrogen) atoms. The van der Waals surface area contributed by atoms with Crippen LogP contribution in [0, 0.1) is 0 Å². The average molecular weight is 207 g/mol. The quantitative estimate of drug-likeness (QED) is 0.810. The van der Waals surface area contributed by atoms with Crippen molar-refractivity contribution in [2.24, 2.45) is 0 Å². The van der Waals surface area contributed by atoms with E-state index in [2.05, 4.69) is 11.0 Å². The van der Waals surface area contributed by atoms with Gasteiger partial charge in [0.05, 0.1) is 12.7 Å². The molecule has 3 nitrogen and oxygen atoms in total. The number of nitrogens with zero attached hydrogens (tertiary/aromatic N) is 1. The number of methoxy groups -OCH3 is 1. The molecule has 0 amide bonds. The Bertz CT molecular complexity index is 341. The number of para-hydroxylation sites is 1. The predicted molar refractivity (Wildman–Crippen MR) is 58.9 cm³/mol. The maximum atomic E-state index is 9.62. The molecule has 0 bridgehead atoms. The summed E-state index contributed by atoms with van der Waals surface area (Å²) in [5, 5.41) is 9.62. The Morgan fingerprint density at radius 2 is 2.07 bits per heavy atom. The Kier molecular flexibility index (Phi) is 2.67. The van der Waals surface area contributed by atoms with Crippen molar-refractivity contribution < 1.29 is 9.84 Å². The summed E-state index contributed by atoms with van der Waals surface area (Å²) >= 11 is 0. The zero-order valence-corrected chi connectivity index (χ0v) is 9.23. The third-order valence-electron chi connectivity index (χ3n) is 2.71. The van der Waals surface area contributed by atoms with Gasteiger partial charge in [0.1, 0.15) is 5.75 Å². The first kappa shape index (κ1) is 10.5. The van der Waals surface area contributed by atoms with Crippen molar-refractivity contribution in [1.29, 1.82) is 0 Å². The zero-order chi connectivity index (χ0) is 10.9. The van der Waals surface area contributed by atoms with E-state index in [1.165, 1.54) is 5.56 Å². The molecule has 1 aliphatic heterocycles. The first-order valence-electron chi connectivity index (χ1n) is 5.17. The van der Waals surface area contributed by atoms with Crippen molar-refractivity contribution in [3.05, 3.63) is 29.8 Å². The lowest BCUT2D eigenvalue weighted by molar-refractivity contribution is -0.0873. The number of hydrogen-bond acceptors (Lipinski definition) is 3. The highest BCUT2D eigenvalue weighted by atomic mass is 16.5. The zero-order valence-electron chi connectivity index (χ0n) is 9.23. The Morgan fingerprint density at radius 1 is 1.40 bits per heavy atom. The lowest BCUT2D eigenvalue weighted by atomic mass is 9.96. The van der Waals surface area contributed by atoms with E-state index in [1.807, 2.05) is 25.1 Å². The number of ether oxygens (including phenoxy) is 1. The molecule has 0 unspecified atom stereocenters. The molecular formula is C12H17NO2. The monoisotopic (exact) mass is 207 g/mol. The van der Waals surface area contributed by atoms with Gasteiger partial charge in [-0.25, -0.2) is 0 Å². The fraction of sp³-hybridized carbons (Fsp3) is 0.500. The van der Waals surface area contributed by atoms with Crippen LogP contribution >= 0.6 is 0 Å². The first-order valence-corrected chi connectivity index (χ1v) is 5.17. The van der Waals surface area contributed by atoms with Crippen molar-refractivity contribution in [1.82, 2.24) is 4.90 Å². The molecule has 1 heterocycles. The minimum Gasteiger partial charge on any atom is -0.496 e. The molecule has 1 aliphatic rings. The van der Waals surface area contributed by atoms with Gasteiger partial charge in [-0.3, -0.25) is 4.90 Å². The maximum Gasteiger partial charge on any atom is 0.123 e. The Balaban J connectivity index is 2.00. The van der Waals surface area contributed by atoms with Crippen LogP contribution in [0.3, 0.4) is 0 Å². The van der Waals surface area contributed by atoms with Gasteiger partial charge in [0.2, 0.25) is 0 Å². The van der Waals surface area contributed by atoms with E-state index in [-0.39, 0.29) is 0 Å². The largest absolute Gasteiger partial charge is 0.496 e. The van der Waals surface area contributed by atoms with Crippen molar-refractivity contribution in [3.8, 4) is 5.75 Å². The topological polar surface area (TPSA) is 32.7 Å². The minimum absolute atomic E-state index is 0.498. The van der Waals surface area contributed by atoms with Crippen molar-refractivity contribution in [2.45, 2.75) is 19.1 Å². The maximum absolute atomic E-state index is 9.62. The standard InChI is InChI=1S/C12H17NO2/c1-12(14)8-13(9-12)7-10-5-3-4-6-11(10)15-2/h3-6,14H,7-9H2,1-2H3. The van der Waals surface area contributed by atoms with Crippen LogP contribution < -0.4 is 4.74 Å². The van der Waals surface area contributed by atoms with Gasteiger partial charge in [-0.15, -0.1) is 0 Å². The molecule has 1 saturated heterocycles. The van der Waals surface area contributed by atoms with Crippen LogP contribution in [0.25, 0.3) is 0 Å². The summed E-state index contributed by atoms with van der Waals surface area (Å²) in [5.41, 5.74) is 0.678. The molecular weight excluding hydrogens is 190 g/mol. The lowest BCUT2D eigenvalue weighted by Crippen LogP contribution is -2.59. The van der Waals surface area contributed by atoms with Gasteiger partial charge >= 0.3 is 0 Å². The summed E-state index contributed by atoms with van der Waals surface area (Å²) in [5.74, 6) is 0.920. The van der Waals surface area contributed by atoms with Crippen LogP contribution in [-0.4, -0.2) is 35.8 Å². The molecule has 3 heteroatoms. The molecule has 0 saturated carbocycles. The Hall–Kier alpha value is -1.06. The SMILES string of the molecule is COc1ccccc1CN1CC(C)(O)C1. The average Bonchev–Trinajstić information content (AvgIpc) is 2.16. The number of aliphatic hydroxyl groups is 1. The summed E-state index contributed by atoms with van der Waals surface area (Å²) in [6.45, 7) is 4.20. The highest BCUT2D eigenvalue weighted by Gasteiger charge is 2.36. The van der Waals surface area contributed by atoms with Crippen molar-refractivity contribution >= 4 is 0 Å². The summed E-state index contributed by atoms with van der Waals surface area (Å²) in [6, 6.07) is 8.00. The molecule has 1 fully saturated rings. The molecule has 0 radical (unpaired) electrons. The number of rotatable bonds is 3. The van der Waals surface area contributed by atoms with E-state index >= 15 is 0 Å². The molecule has 0 aliphatic carbocycles. The van der Waals surface area contributed by atoms with E-state index in [0.29, 0.717) is 0 Å². The summed E-state index contributed by atoms with van der Waals surface area (Å²) in [4.78, 5) is 2.21. The van der Waals surface area contributed by atoms with Gasteiger partial charge in [-0.1, -0.05) is 18.2 Å². The number of hydrogen-bond donors (Lipinski definition) is 1. The van der Waals surface area contributed by atoms with Gasteiger partial charge in [0.15, 0.2) is 0 Å². The lowest BCUT2D eigenvalue weighted by Gasteiger charge is -2.44. The molecule has 0 atom stereocenters. The van der Waals surface area contributed by atoms with Crippen LogP contribution in [0.5, 0.6) is 5.75 Å². The van der Waals surface area contributed by atoms with Crippen molar-refractivity contribution in [3.63, 3.8) is 0 Å². The minimum atomic E-state index is -0.498. The van der Waals surface area contributed by atoms with E-state index in [1.54, 1.807) is 7.11 Å². The van der Waals surface area contributed by atoms with E-state index in [0.717, 1.165) is 25.4 Å². The fourth-order valence-electron chi connectivity index (χ4n) is 2.10. The number of benzene rings is 1. The van der Waals surface area contributed by atoms with Crippen LogP contribution in [0.4, 0.5) is 0 Å². The van der Waals surface area contributed by atoms with Gasteiger partial charge in [-0.2, -0.15) is 0 Å². The Morgan fingerprint density at radius 3 is 2.67 bits per heavy atom. The Labute approximate surface area is 90.3 Å². The van der Waals surface area contributed by atoms with Crippen LogP contribution in [0.1, 0.15) is 12.5 Å². The van der Waals surface area contributed by atoms with E-state index in [9.17, 15) is 5.11 Å². The third-order valence-corrected chi connectivity index (χ3v) is 2.71. The second-order valence-electron chi connectivity index (χ2n) is 4.45. The third kappa shape index (κ3) is 2.30. The highest BCUT2D eigenvalue weighted by Crippen LogP contribution is 2.25. The van der Waals surface area contributed by atoms with E-state index in [4.69, 9.17) is 4.74 Å².